The van der Waals surface area contributed by atoms with Crippen molar-refractivity contribution < 1.29 is 9.53 Å². The van der Waals surface area contributed by atoms with Gasteiger partial charge < -0.3 is 10.1 Å². The lowest BCUT2D eigenvalue weighted by molar-refractivity contribution is 0.0945. The van der Waals surface area contributed by atoms with Crippen molar-refractivity contribution in [1.29, 1.82) is 0 Å². The van der Waals surface area contributed by atoms with Gasteiger partial charge in [-0.15, -0.1) is 0 Å². The second-order valence-electron chi connectivity index (χ2n) is 5.08. The van der Waals surface area contributed by atoms with Crippen LogP contribution in [-0.4, -0.2) is 12.0 Å². The number of carbonyl (C=O) groups excluding carboxylic acids is 1. The van der Waals surface area contributed by atoms with Crippen molar-refractivity contribution >= 4 is 33.4 Å². The van der Waals surface area contributed by atoms with Gasteiger partial charge in [0.2, 0.25) is 0 Å². The van der Waals surface area contributed by atoms with Crippen LogP contribution in [-0.2, 0) is 6.54 Å². The molecule has 0 aliphatic carbocycles. The zero-order valence-electron chi connectivity index (χ0n) is 12.4. The third-order valence-corrected chi connectivity index (χ3v) is 3.81. The Morgan fingerprint density at radius 2 is 2.00 bits per heavy atom. The van der Waals surface area contributed by atoms with Crippen LogP contribution in [0.25, 0.3) is 0 Å². The van der Waals surface area contributed by atoms with E-state index < -0.39 is 0 Å². The summed E-state index contributed by atoms with van der Waals surface area (Å²) in [4.78, 5) is 12.4. The first kappa shape index (κ1) is 16.8. The van der Waals surface area contributed by atoms with Crippen molar-refractivity contribution in [1.82, 2.24) is 5.32 Å². The zero-order chi connectivity index (χ0) is 16.1. The molecule has 0 aliphatic rings. The van der Waals surface area contributed by atoms with E-state index >= 15 is 0 Å². The monoisotopic (exact) mass is 381 g/mol. The van der Waals surface area contributed by atoms with E-state index in [4.69, 9.17) is 16.3 Å². The maximum absolute atomic E-state index is 12.4. The molecule has 1 N–H and O–H groups in total. The van der Waals surface area contributed by atoms with E-state index in [2.05, 4.69) is 21.2 Å². The lowest BCUT2D eigenvalue weighted by atomic mass is 10.1. The number of ether oxygens (including phenoxy) is 1. The predicted octanol–water partition coefficient (Wildman–Crippen LogP) is 4.82. The molecule has 0 heterocycles. The van der Waals surface area contributed by atoms with Gasteiger partial charge in [-0.2, -0.15) is 0 Å². The van der Waals surface area contributed by atoms with Gasteiger partial charge in [-0.25, -0.2) is 0 Å². The van der Waals surface area contributed by atoms with Crippen LogP contribution in [0.15, 0.2) is 46.9 Å². The second kappa shape index (κ2) is 7.65. The highest BCUT2D eigenvalue weighted by Gasteiger charge is 2.14. The Labute approximate surface area is 143 Å². The fraction of sp³-hybridized carbons (Fsp3) is 0.235. The third-order valence-electron chi connectivity index (χ3n) is 2.95. The number of amides is 1. The van der Waals surface area contributed by atoms with E-state index in [0.717, 1.165) is 10.0 Å². The van der Waals surface area contributed by atoms with Crippen molar-refractivity contribution in [3.05, 3.63) is 63.1 Å². The summed E-state index contributed by atoms with van der Waals surface area (Å²) in [5.41, 5.74) is 1.37. The number of nitrogens with one attached hydrogen (secondary N) is 1. The van der Waals surface area contributed by atoms with Gasteiger partial charge in [-0.05, 0) is 43.7 Å². The molecule has 0 aliphatic heterocycles. The summed E-state index contributed by atoms with van der Waals surface area (Å²) < 4.78 is 6.51. The molecule has 0 aromatic heterocycles. The minimum atomic E-state index is -0.197. The minimum Gasteiger partial charge on any atom is -0.490 e. The maximum atomic E-state index is 12.4. The lowest BCUT2D eigenvalue weighted by Gasteiger charge is -2.15. The highest BCUT2D eigenvalue weighted by molar-refractivity contribution is 9.10. The number of hydrogen-bond donors (Lipinski definition) is 1. The van der Waals surface area contributed by atoms with Crippen LogP contribution in [0.2, 0.25) is 5.02 Å². The quantitative estimate of drug-likeness (QED) is 0.805. The van der Waals surface area contributed by atoms with Gasteiger partial charge in [0.25, 0.3) is 5.91 Å². The van der Waals surface area contributed by atoms with Crippen LogP contribution in [0.4, 0.5) is 0 Å². The van der Waals surface area contributed by atoms with Crippen LogP contribution < -0.4 is 10.1 Å². The van der Waals surface area contributed by atoms with Gasteiger partial charge in [0.05, 0.1) is 11.7 Å². The molecule has 0 bridgehead atoms. The fourth-order valence-electron chi connectivity index (χ4n) is 1.95. The normalized spacial score (nSPS) is 10.6. The van der Waals surface area contributed by atoms with Gasteiger partial charge in [0.1, 0.15) is 5.75 Å². The number of halogens is 2. The van der Waals surface area contributed by atoms with E-state index in [1.54, 1.807) is 18.2 Å². The highest BCUT2D eigenvalue weighted by atomic mass is 79.9. The average Bonchev–Trinajstić information content (AvgIpc) is 2.47. The van der Waals surface area contributed by atoms with Crippen LogP contribution in [0.5, 0.6) is 5.75 Å². The van der Waals surface area contributed by atoms with Crippen molar-refractivity contribution in [3.63, 3.8) is 0 Å². The molecule has 5 heteroatoms. The Kier molecular flexibility index (Phi) is 5.86. The highest BCUT2D eigenvalue weighted by Crippen LogP contribution is 2.24. The third kappa shape index (κ3) is 4.49. The molecular weight excluding hydrogens is 366 g/mol. The van der Waals surface area contributed by atoms with Crippen molar-refractivity contribution in [2.45, 2.75) is 26.5 Å². The molecule has 0 spiro atoms. The van der Waals surface area contributed by atoms with Gasteiger partial charge in [-0.3, -0.25) is 4.79 Å². The van der Waals surface area contributed by atoms with E-state index in [0.29, 0.717) is 22.9 Å². The Morgan fingerprint density at radius 3 is 2.68 bits per heavy atom. The van der Waals surface area contributed by atoms with Gasteiger partial charge in [0.15, 0.2) is 0 Å². The van der Waals surface area contributed by atoms with Crippen molar-refractivity contribution in [2.75, 3.05) is 0 Å². The Balaban J connectivity index is 2.15. The second-order valence-corrected chi connectivity index (χ2v) is 6.40. The molecule has 2 rings (SSSR count). The standard InChI is InChI=1S/C17H17BrClNO2/c1-11(2)22-16-8-7-13(18)9-14(16)17(21)20-10-12-5-3-4-6-15(12)19/h3-9,11H,10H2,1-2H3,(H,20,21). The molecule has 0 saturated carbocycles. The average molecular weight is 383 g/mol. The summed E-state index contributed by atoms with van der Waals surface area (Å²) in [5, 5.41) is 3.51. The Hall–Kier alpha value is -1.52. The van der Waals surface area contributed by atoms with Gasteiger partial charge in [-0.1, -0.05) is 45.7 Å². The molecule has 0 fully saturated rings. The largest absolute Gasteiger partial charge is 0.490 e. The summed E-state index contributed by atoms with van der Waals surface area (Å²) in [7, 11) is 0. The molecule has 22 heavy (non-hydrogen) atoms. The molecule has 0 saturated heterocycles. The molecule has 116 valence electrons. The number of benzene rings is 2. The molecular formula is C17H17BrClNO2. The Morgan fingerprint density at radius 1 is 1.27 bits per heavy atom. The first-order chi connectivity index (χ1) is 10.5. The van der Waals surface area contributed by atoms with Gasteiger partial charge in [0, 0.05) is 16.0 Å². The topological polar surface area (TPSA) is 38.3 Å². The first-order valence-corrected chi connectivity index (χ1v) is 8.12. The smallest absolute Gasteiger partial charge is 0.255 e. The van der Waals surface area contributed by atoms with Crippen molar-refractivity contribution in [2.24, 2.45) is 0 Å². The number of rotatable bonds is 5. The van der Waals surface area contributed by atoms with E-state index in [1.165, 1.54) is 0 Å². The van der Waals surface area contributed by atoms with Crippen LogP contribution in [0.1, 0.15) is 29.8 Å². The van der Waals surface area contributed by atoms with E-state index in [9.17, 15) is 4.79 Å². The van der Waals surface area contributed by atoms with Gasteiger partial charge >= 0.3 is 0 Å². The number of carbonyl (C=O) groups is 1. The molecule has 3 nitrogen and oxygen atoms in total. The SMILES string of the molecule is CC(C)Oc1ccc(Br)cc1C(=O)NCc1ccccc1Cl. The summed E-state index contributed by atoms with van der Waals surface area (Å²) in [6.45, 7) is 4.22. The van der Waals surface area contributed by atoms with E-state index in [1.807, 2.05) is 38.1 Å². The fourth-order valence-corrected chi connectivity index (χ4v) is 2.51. The first-order valence-electron chi connectivity index (χ1n) is 6.95. The predicted molar refractivity (Wildman–Crippen MR) is 92.5 cm³/mol. The van der Waals surface area contributed by atoms with Crippen LogP contribution in [0, 0.1) is 0 Å². The summed E-state index contributed by atoms with van der Waals surface area (Å²) in [5.74, 6) is 0.367. The Bertz CT molecular complexity index is 673. The molecule has 2 aromatic rings. The molecule has 0 unspecified atom stereocenters. The summed E-state index contributed by atoms with van der Waals surface area (Å²) >= 11 is 9.48. The van der Waals surface area contributed by atoms with Crippen LogP contribution in [0.3, 0.4) is 0 Å². The maximum Gasteiger partial charge on any atom is 0.255 e. The summed E-state index contributed by atoms with van der Waals surface area (Å²) in [6.07, 6.45) is -0.00343. The minimum absolute atomic E-state index is 0.00343. The van der Waals surface area contributed by atoms with E-state index in [-0.39, 0.29) is 12.0 Å². The van der Waals surface area contributed by atoms with Crippen molar-refractivity contribution in [3.8, 4) is 5.75 Å². The molecule has 0 atom stereocenters. The zero-order valence-corrected chi connectivity index (χ0v) is 14.7. The van der Waals surface area contributed by atoms with Crippen LogP contribution >= 0.6 is 27.5 Å². The lowest BCUT2D eigenvalue weighted by Crippen LogP contribution is -2.24. The summed E-state index contributed by atoms with van der Waals surface area (Å²) in [6, 6.07) is 12.8. The molecule has 0 radical (unpaired) electrons. The molecule has 2 aromatic carbocycles. The molecule has 1 amide bonds. The number of hydrogen-bond acceptors (Lipinski definition) is 2.